The van der Waals surface area contributed by atoms with E-state index in [0.29, 0.717) is 63.3 Å². The minimum absolute atomic E-state index is 0.00968. The largest absolute Gasteiger partial charge is 0.378 e. The number of hydrogen-bond donors (Lipinski definition) is 0. The summed E-state index contributed by atoms with van der Waals surface area (Å²) < 4.78 is 61.6. The van der Waals surface area contributed by atoms with Crippen LogP contribution in [0.1, 0.15) is 5.56 Å². The summed E-state index contributed by atoms with van der Waals surface area (Å²) in [7, 11) is -7.20. The number of sulfonamides is 1. The first kappa shape index (κ1) is 36.6. The second-order valence-electron chi connectivity index (χ2n) is 12.5. The van der Waals surface area contributed by atoms with Gasteiger partial charge in [0.2, 0.25) is 10.9 Å². The van der Waals surface area contributed by atoms with Crippen molar-refractivity contribution in [2.24, 2.45) is 0 Å². The van der Waals surface area contributed by atoms with E-state index < -0.39 is 26.2 Å². The van der Waals surface area contributed by atoms with Gasteiger partial charge in [-0.05, 0) is 65.2 Å². The monoisotopic (exact) mass is 789 g/mol. The van der Waals surface area contributed by atoms with Gasteiger partial charge in [-0.25, -0.2) is 18.4 Å². The summed E-state index contributed by atoms with van der Waals surface area (Å²) in [6.45, 7) is 1.65. The Morgan fingerprint density at radius 2 is 1.34 bits per heavy atom. The second kappa shape index (κ2) is 14.9. The smallest absolute Gasteiger partial charge is 0.357 e. The molecule has 1 amide bonds. The molecular weight excluding hydrogens is 757 g/mol. The number of benzene rings is 4. The van der Waals surface area contributed by atoms with Gasteiger partial charge in [0, 0.05) is 62.1 Å². The van der Waals surface area contributed by atoms with Crippen LogP contribution in [0.2, 0.25) is 10.0 Å². The number of carbonyl (C=O) groups excluding carboxylic acids is 1. The van der Waals surface area contributed by atoms with Crippen molar-refractivity contribution in [3.8, 4) is 5.75 Å². The van der Waals surface area contributed by atoms with Crippen molar-refractivity contribution in [3.05, 3.63) is 131 Å². The van der Waals surface area contributed by atoms with Crippen molar-refractivity contribution in [3.63, 3.8) is 0 Å². The average Bonchev–Trinajstić information content (AvgIpc) is 3.17. The van der Waals surface area contributed by atoms with E-state index in [0.717, 1.165) is 9.99 Å². The fourth-order valence-electron chi connectivity index (χ4n) is 6.41. The average molecular weight is 791 g/mol. The number of hydrogen-bond acceptors (Lipinski definition) is 9. The number of anilines is 1. The van der Waals surface area contributed by atoms with Gasteiger partial charge in [-0.3, -0.25) is 4.79 Å². The maximum atomic E-state index is 14.4. The van der Waals surface area contributed by atoms with E-state index >= 15 is 0 Å². The van der Waals surface area contributed by atoms with Gasteiger partial charge < -0.3 is 14.0 Å². The van der Waals surface area contributed by atoms with Crippen LogP contribution in [-0.4, -0.2) is 81.2 Å². The molecule has 11 nitrogen and oxygen atoms in total. The first-order valence-corrected chi connectivity index (χ1v) is 20.2. The number of carbonyl (C=O) groups is 1. The highest BCUT2D eigenvalue weighted by Gasteiger charge is 2.38. The van der Waals surface area contributed by atoms with Crippen LogP contribution in [0.4, 0.5) is 5.69 Å². The number of pyridine rings is 2. The maximum Gasteiger partial charge on any atom is 0.357 e. The molecule has 0 radical (unpaired) electrons. The molecule has 0 unspecified atom stereocenters. The third-order valence-electron chi connectivity index (χ3n) is 9.28. The van der Waals surface area contributed by atoms with Crippen molar-refractivity contribution in [2.75, 3.05) is 38.1 Å². The molecule has 0 spiro atoms. The quantitative estimate of drug-likeness (QED) is 0.144. The molecule has 0 saturated carbocycles. The Kier molecular flexibility index (Phi) is 10.3. The molecule has 1 aliphatic heterocycles. The Morgan fingerprint density at radius 1 is 0.755 bits per heavy atom. The fraction of sp³-hybridized carbons (Fsp3) is 0.184. The van der Waals surface area contributed by atoms with E-state index in [9.17, 15) is 21.6 Å². The number of likely N-dealkylation sites (N-methyl/N-ethyl adjacent to an activating group) is 1. The first-order chi connectivity index (χ1) is 25.4. The molecule has 0 N–H and O–H groups in total. The lowest BCUT2D eigenvalue weighted by molar-refractivity contribution is -0.135. The summed E-state index contributed by atoms with van der Waals surface area (Å²) in [5.41, 5.74) is 1.45. The molecule has 1 fully saturated rings. The highest BCUT2D eigenvalue weighted by Crippen LogP contribution is 2.30. The molecule has 53 heavy (non-hydrogen) atoms. The molecular formula is C38H33Cl2N5O6S2. The highest BCUT2D eigenvalue weighted by atomic mass is 35.5. The summed E-state index contributed by atoms with van der Waals surface area (Å²) in [4.78, 5) is 26.4. The lowest BCUT2D eigenvalue weighted by Crippen LogP contribution is -2.56. The van der Waals surface area contributed by atoms with Gasteiger partial charge in [-0.2, -0.15) is 12.7 Å². The summed E-state index contributed by atoms with van der Waals surface area (Å²) in [6.07, 6.45) is 2.83. The summed E-state index contributed by atoms with van der Waals surface area (Å²) in [6, 6.07) is 27.8. The fourth-order valence-corrected chi connectivity index (χ4v) is 9.22. The molecule has 272 valence electrons. The van der Waals surface area contributed by atoms with Crippen molar-refractivity contribution < 1.29 is 25.8 Å². The zero-order chi connectivity index (χ0) is 37.3. The van der Waals surface area contributed by atoms with Crippen molar-refractivity contribution in [2.45, 2.75) is 22.5 Å². The molecule has 4 aromatic carbocycles. The van der Waals surface area contributed by atoms with Crippen LogP contribution in [-0.2, 0) is 31.4 Å². The van der Waals surface area contributed by atoms with E-state index in [4.69, 9.17) is 27.4 Å². The number of nitrogens with zero attached hydrogens (tertiary/aromatic N) is 5. The van der Waals surface area contributed by atoms with Gasteiger partial charge in [-0.1, -0.05) is 83.9 Å². The van der Waals surface area contributed by atoms with Crippen LogP contribution >= 0.6 is 23.2 Å². The third-order valence-corrected chi connectivity index (χ3v) is 13.1. The molecule has 7 rings (SSSR count). The minimum atomic E-state index is -4.30. The predicted octanol–water partition coefficient (Wildman–Crippen LogP) is 6.44. The van der Waals surface area contributed by atoms with E-state index in [2.05, 4.69) is 14.9 Å². The number of rotatable bonds is 10. The van der Waals surface area contributed by atoms with Gasteiger partial charge in [-0.15, -0.1) is 0 Å². The molecule has 2 aromatic heterocycles. The number of fused-ring (bicyclic) bond motifs is 2. The first-order valence-electron chi connectivity index (χ1n) is 16.6. The standard InChI is InChI=1S/C38H33Cl2N5O6S2/c1-43(52(47,48)36-31-8-4-2-6-27(31)16-18-41-36)35(38(46)45-22-20-44(21-23-45)29-12-15-33(39)34(40)25-29)24-26-10-13-30(14-11-26)51-53(49,50)37-32-9-5-3-7-28(32)17-19-42-37/h2-19,25,35H,20-24H2,1H3/t35-/m0/s1. The molecule has 1 atom stereocenters. The summed E-state index contributed by atoms with van der Waals surface area (Å²) in [5.74, 6) is -0.347. The van der Waals surface area contributed by atoms with Gasteiger partial charge in [0.1, 0.15) is 11.8 Å². The zero-order valence-corrected chi connectivity index (χ0v) is 31.5. The minimum Gasteiger partial charge on any atom is -0.378 e. The van der Waals surface area contributed by atoms with Gasteiger partial charge in [0.25, 0.3) is 10.0 Å². The Bertz CT molecular complexity index is 2540. The second-order valence-corrected chi connectivity index (χ2v) is 16.7. The van der Waals surface area contributed by atoms with E-state index in [1.165, 1.54) is 31.6 Å². The molecule has 0 bridgehead atoms. The normalized spacial score (nSPS) is 14.5. The predicted molar refractivity (Wildman–Crippen MR) is 205 cm³/mol. The van der Waals surface area contributed by atoms with E-state index in [-0.39, 0.29) is 28.1 Å². The van der Waals surface area contributed by atoms with Crippen molar-refractivity contribution in [1.29, 1.82) is 0 Å². The van der Waals surface area contributed by atoms with Gasteiger partial charge >= 0.3 is 10.1 Å². The third kappa shape index (κ3) is 7.53. The molecule has 0 aliphatic carbocycles. The lowest BCUT2D eigenvalue weighted by atomic mass is 10.0. The van der Waals surface area contributed by atoms with Crippen molar-refractivity contribution >= 4 is 76.5 Å². The SMILES string of the molecule is CN([C@@H](Cc1ccc(OS(=O)(=O)c2nccc3ccccc23)cc1)C(=O)N1CCN(c2ccc(Cl)c(Cl)c2)CC1)S(=O)(=O)c1nccc2ccccc12. The van der Waals surface area contributed by atoms with Gasteiger partial charge in [0.05, 0.1) is 10.0 Å². The number of piperazine rings is 1. The zero-order valence-electron chi connectivity index (χ0n) is 28.3. The molecule has 1 aliphatic rings. The van der Waals surface area contributed by atoms with Crippen LogP contribution in [0.5, 0.6) is 5.75 Å². The van der Waals surface area contributed by atoms with E-state index in [1.807, 2.05) is 12.1 Å². The number of halogens is 2. The lowest BCUT2D eigenvalue weighted by Gasteiger charge is -2.39. The Morgan fingerprint density at radius 3 is 1.96 bits per heavy atom. The summed E-state index contributed by atoms with van der Waals surface area (Å²) in [5, 5.41) is 2.76. The van der Waals surface area contributed by atoms with Crippen molar-refractivity contribution in [1.82, 2.24) is 19.2 Å². The summed E-state index contributed by atoms with van der Waals surface area (Å²) >= 11 is 12.4. The molecule has 15 heteroatoms. The number of aromatic nitrogens is 2. The Labute approximate surface area is 317 Å². The Balaban J connectivity index is 1.15. The van der Waals surface area contributed by atoms with Crippen LogP contribution in [0.3, 0.4) is 0 Å². The van der Waals surface area contributed by atoms with Crippen LogP contribution in [0.25, 0.3) is 21.5 Å². The van der Waals surface area contributed by atoms with Crippen LogP contribution < -0.4 is 9.08 Å². The van der Waals surface area contributed by atoms with Crippen LogP contribution in [0.15, 0.2) is 126 Å². The van der Waals surface area contributed by atoms with E-state index in [1.54, 1.807) is 83.8 Å². The van der Waals surface area contributed by atoms with Gasteiger partial charge in [0.15, 0.2) is 5.03 Å². The maximum absolute atomic E-state index is 14.4. The Hall–Kier alpha value is -4.79. The molecule has 1 saturated heterocycles. The molecule has 6 aromatic rings. The van der Waals surface area contributed by atoms with Crippen LogP contribution in [0, 0.1) is 0 Å². The number of amides is 1. The highest BCUT2D eigenvalue weighted by molar-refractivity contribution is 7.89. The topological polar surface area (TPSA) is 130 Å². The molecule has 3 heterocycles.